The first-order chi connectivity index (χ1) is 16.0. The van der Waals surface area contributed by atoms with Crippen LogP contribution in [0.4, 0.5) is 5.69 Å². The second kappa shape index (κ2) is 10.5. The maximum absolute atomic E-state index is 12.7. The molecule has 0 unspecified atom stereocenters. The van der Waals surface area contributed by atoms with Crippen molar-refractivity contribution in [2.45, 2.75) is 31.8 Å². The summed E-state index contributed by atoms with van der Waals surface area (Å²) in [5.74, 6) is -3.31. The molecule has 0 amide bonds. The van der Waals surface area contributed by atoms with Gasteiger partial charge in [-0.25, -0.2) is 4.79 Å². The highest BCUT2D eigenvalue weighted by atomic mass is 32.2. The minimum Gasteiger partial charge on any atom is -0.490 e. The van der Waals surface area contributed by atoms with Crippen LogP contribution in [0.15, 0.2) is 36.4 Å². The molecule has 13 heteroatoms. The fraction of sp³-hybridized carbons (Fsp3) is 0.286. The third-order valence-corrected chi connectivity index (χ3v) is 5.97. The number of benzene rings is 2. The Balaban J connectivity index is 1.73. The van der Waals surface area contributed by atoms with E-state index in [2.05, 4.69) is 4.72 Å². The molecule has 3 rings (SSSR count). The quantitative estimate of drug-likeness (QED) is 0.198. The van der Waals surface area contributed by atoms with Gasteiger partial charge < -0.3 is 25.4 Å². The number of esters is 1. The summed E-state index contributed by atoms with van der Waals surface area (Å²) in [6, 6.07) is 7.53. The lowest BCUT2D eigenvalue weighted by Gasteiger charge is -2.17. The van der Waals surface area contributed by atoms with E-state index in [1.807, 2.05) is 0 Å². The van der Waals surface area contributed by atoms with Crippen LogP contribution in [0.25, 0.3) is 0 Å². The fourth-order valence-corrected chi connectivity index (χ4v) is 4.24. The average Bonchev–Trinajstić information content (AvgIpc) is 2.75. The Kier molecular flexibility index (Phi) is 7.71. The number of hydrogen-bond donors (Lipinski definition) is 5. The highest BCUT2D eigenvalue weighted by molar-refractivity contribution is 7.87. The van der Waals surface area contributed by atoms with Gasteiger partial charge in [0.05, 0.1) is 18.6 Å². The van der Waals surface area contributed by atoms with E-state index in [0.29, 0.717) is 36.3 Å². The van der Waals surface area contributed by atoms with Crippen molar-refractivity contribution in [3.8, 4) is 11.5 Å². The molecule has 2 aromatic carbocycles. The number of rotatable bonds is 8. The molecule has 6 N–H and O–H groups in total. The van der Waals surface area contributed by atoms with Crippen LogP contribution in [0.2, 0.25) is 0 Å². The number of hydrogen-bond acceptors (Lipinski definition) is 8. The van der Waals surface area contributed by atoms with Gasteiger partial charge in [-0.15, -0.1) is 0 Å². The minimum absolute atomic E-state index is 0.145. The van der Waals surface area contributed by atoms with Crippen molar-refractivity contribution in [1.29, 1.82) is 0 Å². The van der Waals surface area contributed by atoms with Gasteiger partial charge in [-0.1, -0.05) is 6.07 Å². The highest BCUT2D eigenvalue weighted by Gasteiger charge is 2.26. The number of nitrogens with two attached hydrogens (primary N) is 1. The van der Waals surface area contributed by atoms with Crippen LogP contribution in [0.3, 0.4) is 0 Å². The number of nitrogen functional groups attached to an aromatic ring is 1. The van der Waals surface area contributed by atoms with Crippen molar-refractivity contribution in [3.05, 3.63) is 53.1 Å². The summed E-state index contributed by atoms with van der Waals surface area (Å²) in [5.41, 5.74) is 7.90. The molecule has 0 bridgehead atoms. The zero-order valence-corrected chi connectivity index (χ0v) is 18.6. The summed E-state index contributed by atoms with van der Waals surface area (Å²) in [4.78, 5) is 34.5. The van der Waals surface area contributed by atoms with Crippen LogP contribution < -0.4 is 24.7 Å². The van der Waals surface area contributed by atoms with Crippen molar-refractivity contribution in [2.24, 2.45) is 0 Å². The SMILES string of the molecule is Nc1ccc2c(c1)CCCOc1cc(CNS(=O)(=O)N[C@@H](CC(=O)O)C(=O)O)ccc1OC2=O. The Bertz CT molecular complexity index is 1210. The standard InChI is InChI=1S/C21H23N3O9S/c22-14-4-5-15-13(9-14)2-1-7-32-18-8-12(3-6-17(18)33-21(15)29)11-23-34(30,31)24-16(20(27)28)10-19(25)26/h3-6,8-9,16,23-24H,1-2,7,10-11,22H2,(H,25,26)(H,27,28)/t16-/m0/s1. The molecule has 0 spiro atoms. The molecule has 0 radical (unpaired) electrons. The third-order valence-electron chi connectivity index (χ3n) is 4.85. The summed E-state index contributed by atoms with van der Waals surface area (Å²) in [6.07, 6.45) is 0.200. The monoisotopic (exact) mass is 493 g/mol. The van der Waals surface area contributed by atoms with Crippen LogP contribution in [-0.2, 0) is 32.8 Å². The minimum atomic E-state index is -4.34. The predicted octanol–water partition coefficient (Wildman–Crippen LogP) is 0.665. The molecule has 1 aliphatic heterocycles. The molecule has 0 fully saturated rings. The van der Waals surface area contributed by atoms with Crippen molar-refractivity contribution in [1.82, 2.24) is 9.44 Å². The summed E-state index contributed by atoms with van der Waals surface area (Å²) >= 11 is 0. The van der Waals surface area contributed by atoms with E-state index in [9.17, 15) is 22.8 Å². The van der Waals surface area contributed by atoms with Crippen molar-refractivity contribution >= 4 is 33.8 Å². The van der Waals surface area contributed by atoms with Crippen LogP contribution in [0.1, 0.15) is 34.3 Å². The van der Waals surface area contributed by atoms with E-state index in [1.54, 1.807) is 22.9 Å². The first-order valence-corrected chi connectivity index (χ1v) is 11.6. The van der Waals surface area contributed by atoms with Gasteiger partial charge in [-0.2, -0.15) is 17.9 Å². The van der Waals surface area contributed by atoms with Crippen LogP contribution >= 0.6 is 0 Å². The van der Waals surface area contributed by atoms with Gasteiger partial charge >= 0.3 is 17.9 Å². The maximum atomic E-state index is 12.7. The molecular formula is C21H23N3O9S. The van der Waals surface area contributed by atoms with Gasteiger partial charge in [0, 0.05) is 12.2 Å². The van der Waals surface area contributed by atoms with Crippen LogP contribution in [0, 0.1) is 0 Å². The fourth-order valence-electron chi connectivity index (χ4n) is 3.24. The van der Waals surface area contributed by atoms with E-state index >= 15 is 0 Å². The molecule has 34 heavy (non-hydrogen) atoms. The topological polar surface area (TPSA) is 194 Å². The zero-order valence-electron chi connectivity index (χ0n) is 17.8. The first-order valence-electron chi connectivity index (χ1n) is 10.1. The van der Waals surface area contributed by atoms with Crippen molar-refractivity contribution in [3.63, 3.8) is 0 Å². The van der Waals surface area contributed by atoms with E-state index < -0.39 is 40.6 Å². The van der Waals surface area contributed by atoms with Gasteiger partial charge in [0.15, 0.2) is 11.5 Å². The zero-order chi connectivity index (χ0) is 24.9. The Morgan fingerprint density at radius 2 is 1.88 bits per heavy atom. The van der Waals surface area contributed by atoms with Gasteiger partial charge in [0.2, 0.25) is 0 Å². The average molecular weight is 493 g/mol. The Morgan fingerprint density at radius 3 is 2.59 bits per heavy atom. The van der Waals surface area contributed by atoms with Crippen molar-refractivity contribution < 1.29 is 42.5 Å². The van der Waals surface area contributed by atoms with Gasteiger partial charge in [-0.05, 0) is 54.3 Å². The molecule has 1 aliphatic rings. The summed E-state index contributed by atoms with van der Waals surface area (Å²) < 4.78 is 39.5. The Morgan fingerprint density at radius 1 is 1.12 bits per heavy atom. The summed E-state index contributed by atoms with van der Waals surface area (Å²) in [6.45, 7) is 0.0342. The number of carbonyl (C=O) groups excluding carboxylic acids is 1. The lowest BCUT2D eigenvalue weighted by atomic mass is 10.0. The van der Waals surface area contributed by atoms with E-state index in [1.165, 1.54) is 18.2 Å². The number of nitrogens with one attached hydrogen (secondary N) is 2. The smallest absolute Gasteiger partial charge is 0.343 e. The number of carbonyl (C=O) groups is 3. The molecule has 12 nitrogen and oxygen atoms in total. The Hall–Kier alpha value is -3.68. The van der Waals surface area contributed by atoms with E-state index in [-0.39, 0.29) is 18.0 Å². The molecule has 0 saturated heterocycles. The maximum Gasteiger partial charge on any atom is 0.343 e. The summed E-state index contributed by atoms with van der Waals surface area (Å²) in [7, 11) is -4.34. The Labute approximate surface area is 194 Å². The molecule has 2 aromatic rings. The van der Waals surface area contributed by atoms with Crippen LogP contribution in [0.5, 0.6) is 11.5 Å². The number of carboxylic acid groups (broad SMARTS) is 2. The first kappa shape index (κ1) is 25.0. The summed E-state index contributed by atoms with van der Waals surface area (Å²) in [5, 5.41) is 17.8. The van der Waals surface area contributed by atoms with E-state index in [0.717, 1.165) is 5.56 Å². The molecule has 0 aromatic heterocycles. The number of aliphatic carboxylic acids is 2. The van der Waals surface area contributed by atoms with Crippen LogP contribution in [-0.4, -0.2) is 49.2 Å². The number of carboxylic acids is 2. The molecule has 1 atom stereocenters. The van der Waals surface area contributed by atoms with Gasteiger partial charge in [0.25, 0.3) is 10.2 Å². The van der Waals surface area contributed by atoms with Crippen molar-refractivity contribution in [2.75, 3.05) is 12.3 Å². The molecular weight excluding hydrogens is 470 g/mol. The number of fused-ring (bicyclic) bond motifs is 2. The lowest BCUT2D eigenvalue weighted by Crippen LogP contribution is -2.47. The molecule has 0 aliphatic carbocycles. The second-order valence-electron chi connectivity index (χ2n) is 7.47. The van der Waals surface area contributed by atoms with E-state index in [4.69, 9.17) is 25.4 Å². The second-order valence-corrected chi connectivity index (χ2v) is 9.00. The number of aryl methyl sites for hydroxylation is 1. The van der Waals surface area contributed by atoms with Gasteiger partial charge in [-0.3, -0.25) is 9.59 Å². The molecule has 0 saturated carbocycles. The highest BCUT2D eigenvalue weighted by Crippen LogP contribution is 2.31. The largest absolute Gasteiger partial charge is 0.490 e. The normalized spacial score (nSPS) is 14.6. The molecule has 1 heterocycles. The van der Waals surface area contributed by atoms with Gasteiger partial charge in [0.1, 0.15) is 6.04 Å². The number of ether oxygens (including phenoxy) is 2. The third kappa shape index (κ3) is 6.66. The lowest BCUT2D eigenvalue weighted by molar-refractivity contribution is -0.145. The number of anilines is 1. The predicted molar refractivity (Wildman–Crippen MR) is 119 cm³/mol. The molecule has 182 valence electrons.